The highest BCUT2D eigenvalue weighted by molar-refractivity contribution is 5.83. The SMILES string of the molecule is CCN(CC)C(=O)C(c1ccccc1)N1CCN(C2=CC[CH]C=C2F)CC1. The van der Waals surface area contributed by atoms with Gasteiger partial charge in [-0.1, -0.05) is 36.4 Å². The Labute approximate surface area is 161 Å². The monoisotopic (exact) mass is 370 g/mol. The number of rotatable bonds is 6. The summed E-state index contributed by atoms with van der Waals surface area (Å²) < 4.78 is 14.1. The quantitative estimate of drug-likeness (QED) is 0.766. The molecule has 0 bridgehead atoms. The normalized spacial score (nSPS) is 19.3. The third-order valence-electron chi connectivity index (χ3n) is 5.40. The number of piperazine rings is 1. The largest absolute Gasteiger partial charge is 0.367 e. The number of likely N-dealkylation sites (N-methyl/N-ethyl adjacent to an activating group) is 1. The fraction of sp³-hybridized carbons (Fsp3) is 0.455. The molecule has 1 fully saturated rings. The van der Waals surface area contributed by atoms with Gasteiger partial charge in [0.15, 0.2) is 0 Å². The van der Waals surface area contributed by atoms with E-state index in [4.69, 9.17) is 0 Å². The molecule has 1 aromatic rings. The van der Waals surface area contributed by atoms with Gasteiger partial charge in [-0.25, -0.2) is 4.39 Å². The molecular weight excluding hydrogens is 341 g/mol. The minimum absolute atomic E-state index is 0.150. The van der Waals surface area contributed by atoms with Crippen molar-refractivity contribution < 1.29 is 9.18 Å². The van der Waals surface area contributed by atoms with E-state index < -0.39 is 0 Å². The molecule has 1 aliphatic carbocycles. The Bertz CT molecular complexity index is 689. The van der Waals surface area contributed by atoms with Crippen LogP contribution in [0.1, 0.15) is 31.9 Å². The van der Waals surface area contributed by atoms with Crippen LogP contribution in [0.25, 0.3) is 0 Å². The number of nitrogens with zero attached hydrogens (tertiary/aromatic N) is 3. The number of carbonyl (C=O) groups excluding carboxylic acids is 1. The molecule has 2 aliphatic rings. The Morgan fingerprint density at radius 1 is 1.11 bits per heavy atom. The Kier molecular flexibility index (Phi) is 6.67. The van der Waals surface area contributed by atoms with Crippen LogP contribution in [0.2, 0.25) is 0 Å². The van der Waals surface area contributed by atoms with Gasteiger partial charge in [-0.15, -0.1) is 0 Å². The summed E-state index contributed by atoms with van der Waals surface area (Å²) in [7, 11) is 0. The first-order valence-corrected chi connectivity index (χ1v) is 9.88. The number of allylic oxidation sites excluding steroid dienone is 3. The lowest BCUT2D eigenvalue weighted by molar-refractivity contribution is -0.137. The van der Waals surface area contributed by atoms with E-state index in [2.05, 4.69) is 9.80 Å². The number of halogens is 1. The van der Waals surface area contributed by atoms with Gasteiger partial charge in [0.05, 0.1) is 5.70 Å². The van der Waals surface area contributed by atoms with Crippen molar-refractivity contribution in [3.8, 4) is 0 Å². The van der Waals surface area contributed by atoms with Gasteiger partial charge in [-0.05, 0) is 38.3 Å². The average Bonchev–Trinajstić information content (AvgIpc) is 2.71. The van der Waals surface area contributed by atoms with E-state index >= 15 is 0 Å². The highest BCUT2D eigenvalue weighted by atomic mass is 19.1. The fourth-order valence-corrected chi connectivity index (χ4v) is 3.89. The van der Waals surface area contributed by atoms with Gasteiger partial charge in [0.2, 0.25) is 5.91 Å². The summed E-state index contributed by atoms with van der Waals surface area (Å²) in [6.07, 6.45) is 6.11. The number of benzene rings is 1. The van der Waals surface area contributed by atoms with Crippen molar-refractivity contribution in [3.05, 3.63) is 66.0 Å². The number of hydrogen-bond acceptors (Lipinski definition) is 3. The molecule has 1 radical (unpaired) electrons. The lowest BCUT2D eigenvalue weighted by Crippen LogP contribution is -2.51. The summed E-state index contributed by atoms with van der Waals surface area (Å²) in [5.74, 6) is -0.00858. The van der Waals surface area contributed by atoms with Crippen molar-refractivity contribution in [3.63, 3.8) is 0 Å². The van der Waals surface area contributed by atoms with Crippen molar-refractivity contribution in [2.45, 2.75) is 26.3 Å². The maximum absolute atomic E-state index is 14.1. The minimum Gasteiger partial charge on any atom is -0.367 e. The second-order valence-corrected chi connectivity index (χ2v) is 6.92. The molecule has 1 aromatic carbocycles. The molecule has 0 N–H and O–H groups in total. The predicted octanol–water partition coefficient (Wildman–Crippen LogP) is 3.56. The molecule has 3 rings (SSSR count). The molecule has 1 saturated heterocycles. The van der Waals surface area contributed by atoms with Crippen LogP contribution in [0.3, 0.4) is 0 Å². The van der Waals surface area contributed by atoms with E-state index in [9.17, 15) is 9.18 Å². The standard InChI is InChI=1S/C22H29FN3O/c1-3-24(4-2)22(27)21(18-10-6-5-7-11-18)26-16-14-25(15-17-26)20-13-9-8-12-19(20)23/h5-8,10-13,21H,3-4,9,14-17H2,1-2H3. The zero-order valence-electron chi connectivity index (χ0n) is 16.3. The van der Waals surface area contributed by atoms with Crippen LogP contribution in [0.4, 0.5) is 4.39 Å². The topological polar surface area (TPSA) is 26.8 Å². The van der Waals surface area contributed by atoms with E-state index in [1.807, 2.05) is 61.6 Å². The van der Waals surface area contributed by atoms with Crippen LogP contribution in [0, 0.1) is 6.42 Å². The number of carbonyl (C=O) groups is 1. The van der Waals surface area contributed by atoms with E-state index in [-0.39, 0.29) is 17.8 Å². The van der Waals surface area contributed by atoms with Crippen molar-refractivity contribution in [2.24, 2.45) is 0 Å². The molecule has 1 atom stereocenters. The molecule has 145 valence electrons. The summed E-state index contributed by atoms with van der Waals surface area (Å²) in [5.41, 5.74) is 1.73. The van der Waals surface area contributed by atoms with Crippen LogP contribution < -0.4 is 0 Å². The molecular formula is C22H29FN3O. The summed E-state index contributed by atoms with van der Waals surface area (Å²) in [6.45, 7) is 8.37. The Balaban J connectivity index is 1.76. The van der Waals surface area contributed by atoms with Crippen LogP contribution in [0.5, 0.6) is 0 Å². The first-order chi connectivity index (χ1) is 13.2. The second-order valence-electron chi connectivity index (χ2n) is 6.92. The van der Waals surface area contributed by atoms with Crippen LogP contribution >= 0.6 is 0 Å². The van der Waals surface area contributed by atoms with Crippen LogP contribution in [-0.4, -0.2) is 59.9 Å². The van der Waals surface area contributed by atoms with Crippen molar-refractivity contribution in [2.75, 3.05) is 39.3 Å². The van der Waals surface area contributed by atoms with Gasteiger partial charge in [0, 0.05) is 39.3 Å². The van der Waals surface area contributed by atoms with Crippen molar-refractivity contribution in [1.82, 2.24) is 14.7 Å². The summed E-state index contributed by atoms with van der Waals surface area (Å²) in [6, 6.07) is 9.72. The first-order valence-electron chi connectivity index (χ1n) is 9.88. The second kappa shape index (κ2) is 9.18. The molecule has 1 aliphatic heterocycles. The highest BCUT2D eigenvalue weighted by Gasteiger charge is 2.33. The lowest BCUT2D eigenvalue weighted by Gasteiger charge is -2.41. The molecule has 4 nitrogen and oxygen atoms in total. The zero-order valence-corrected chi connectivity index (χ0v) is 16.3. The molecule has 1 heterocycles. The van der Waals surface area contributed by atoms with Gasteiger partial charge in [-0.3, -0.25) is 9.69 Å². The van der Waals surface area contributed by atoms with Gasteiger partial charge >= 0.3 is 0 Å². The number of hydrogen-bond donors (Lipinski definition) is 0. The van der Waals surface area contributed by atoms with Gasteiger partial charge < -0.3 is 9.80 Å². The molecule has 0 aromatic heterocycles. The van der Waals surface area contributed by atoms with Gasteiger partial charge in [-0.2, -0.15) is 0 Å². The predicted molar refractivity (Wildman–Crippen MR) is 106 cm³/mol. The lowest BCUT2D eigenvalue weighted by atomic mass is 10.0. The average molecular weight is 370 g/mol. The smallest absolute Gasteiger partial charge is 0.244 e. The number of amides is 1. The maximum Gasteiger partial charge on any atom is 0.244 e. The van der Waals surface area contributed by atoms with Crippen molar-refractivity contribution in [1.29, 1.82) is 0 Å². The van der Waals surface area contributed by atoms with E-state index in [1.165, 1.54) is 0 Å². The summed E-state index contributed by atoms with van der Waals surface area (Å²) >= 11 is 0. The van der Waals surface area contributed by atoms with E-state index in [0.29, 0.717) is 18.8 Å². The summed E-state index contributed by atoms with van der Waals surface area (Å²) in [4.78, 5) is 19.5. The first kappa shape index (κ1) is 19.6. The van der Waals surface area contributed by atoms with Gasteiger partial charge in [0.1, 0.15) is 11.9 Å². The van der Waals surface area contributed by atoms with Gasteiger partial charge in [0.25, 0.3) is 0 Å². The molecule has 27 heavy (non-hydrogen) atoms. The minimum atomic E-state index is -0.276. The maximum atomic E-state index is 14.1. The Morgan fingerprint density at radius 2 is 1.78 bits per heavy atom. The molecule has 1 amide bonds. The third-order valence-corrected chi connectivity index (χ3v) is 5.40. The molecule has 1 unspecified atom stereocenters. The van der Waals surface area contributed by atoms with E-state index in [0.717, 1.165) is 38.2 Å². The Hall–Kier alpha value is -2.14. The third kappa shape index (κ3) is 4.41. The van der Waals surface area contributed by atoms with E-state index in [1.54, 1.807) is 6.08 Å². The van der Waals surface area contributed by atoms with Crippen LogP contribution in [0.15, 0.2) is 54.0 Å². The molecule has 0 spiro atoms. The van der Waals surface area contributed by atoms with Crippen LogP contribution in [-0.2, 0) is 4.79 Å². The molecule has 0 saturated carbocycles. The molecule has 5 heteroatoms. The Morgan fingerprint density at radius 3 is 2.37 bits per heavy atom. The zero-order chi connectivity index (χ0) is 19.2. The summed E-state index contributed by atoms with van der Waals surface area (Å²) in [5, 5.41) is 0. The highest BCUT2D eigenvalue weighted by Crippen LogP contribution is 2.28. The van der Waals surface area contributed by atoms with Crippen molar-refractivity contribution >= 4 is 5.91 Å². The fourth-order valence-electron chi connectivity index (χ4n) is 3.89.